The first kappa shape index (κ1) is 13.9. The Hall–Kier alpha value is -0.120. The molecule has 3 heteroatoms. The van der Waals surface area contributed by atoms with Crippen molar-refractivity contribution in [2.75, 3.05) is 39.3 Å². The Kier molecular flexibility index (Phi) is 7.81. The first-order valence-corrected chi connectivity index (χ1v) is 6.91. The van der Waals surface area contributed by atoms with E-state index in [2.05, 4.69) is 24.1 Å². The number of unbranched alkanes of at least 4 members (excludes halogenated alkanes) is 1. The third kappa shape index (κ3) is 5.83. The van der Waals surface area contributed by atoms with Crippen LogP contribution in [0.3, 0.4) is 0 Å². The average Bonchev–Trinajstić information content (AvgIpc) is 2.30. The number of hydrogen-bond acceptors (Lipinski definition) is 3. The number of nitrogens with zero attached hydrogens (tertiary/aromatic N) is 1. The summed E-state index contributed by atoms with van der Waals surface area (Å²) in [5, 5.41) is 3.50. The minimum absolute atomic E-state index is 0.481. The van der Waals surface area contributed by atoms with Crippen LogP contribution in [0.4, 0.5) is 0 Å². The lowest BCUT2D eigenvalue weighted by Gasteiger charge is -2.32. The van der Waals surface area contributed by atoms with Crippen molar-refractivity contribution in [2.24, 2.45) is 0 Å². The molecule has 0 aromatic rings. The van der Waals surface area contributed by atoms with Gasteiger partial charge in [0, 0.05) is 26.2 Å². The zero-order chi connectivity index (χ0) is 11.6. The van der Waals surface area contributed by atoms with E-state index in [1.165, 1.54) is 45.3 Å². The van der Waals surface area contributed by atoms with Crippen molar-refractivity contribution in [3.8, 4) is 0 Å². The lowest BCUT2D eigenvalue weighted by atomic mass is 10.1. The summed E-state index contributed by atoms with van der Waals surface area (Å²) in [7, 11) is 0. The Morgan fingerprint density at radius 1 is 1.31 bits per heavy atom. The summed E-state index contributed by atoms with van der Waals surface area (Å²) >= 11 is 0. The number of hydrogen-bond donors (Lipinski definition) is 1. The highest BCUT2D eigenvalue weighted by molar-refractivity contribution is 4.73. The molecule has 0 amide bonds. The van der Waals surface area contributed by atoms with Gasteiger partial charge >= 0.3 is 0 Å². The van der Waals surface area contributed by atoms with Crippen molar-refractivity contribution < 1.29 is 4.74 Å². The van der Waals surface area contributed by atoms with E-state index >= 15 is 0 Å². The van der Waals surface area contributed by atoms with Crippen LogP contribution in [0.1, 0.15) is 39.5 Å². The SMILES string of the molecule is CCCCNCCN1CCCC(OCC)C1. The molecule has 0 radical (unpaired) electrons. The second kappa shape index (κ2) is 8.97. The van der Waals surface area contributed by atoms with Crippen LogP contribution in [-0.4, -0.2) is 50.3 Å². The number of piperidine rings is 1. The summed E-state index contributed by atoms with van der Waals surface area (Å²) in [4.78, 5) is 2.53. The van der Waals surface area contributed by atoms with Crippen molar-refractivity contribution in [2.45, 2.75) is 45.6 Å². The Morgan fingerprint density at radius 3 is 2.94 bits per heavy atom. The van der Waals surface area contributed by atoms with Crippen LogP contribution in [0.15, 0.2) is 0 Å². The molecule has 1 rings (SSSR count). The van der Waals surface area contributed by atoms with Gasteiger partial charge in [-0.1, -0.05) is 13.3 Å². The molecule has 0 aromatic carbocycles. The predicted octanol–water partition coefficient (Wildman–Crippen LogP) is 1.88. The molecule has 1 heterocycles. The summed E-state index contributed by atoms with van der Waals surface area (Å²) in [6.45, 7) is 11.0. The van der Waals surface area contributed by atoms with E-state index in [-0.39, 0.29) is 0 Å². The highest BCUT2D eigenvalue weighted by Gasteiger charge is 2.19. The predicted molar refractivity (Wildman–Crippen MR) is 68.9 cm³/mol. The van der Waals surface area contributed by atoms with Gasteiger partial charge in [-0.05, 0) is 39.3 Å². The number of ether oxygens (including phenoxy) is 1. The number of nitrogens with one attached hydrogen (secondary N) is 1. The first-order chi connectivity index (χ1) is 7.86. The molecule has 16 heavy (non-hydrogen) atoms. The number of likely N-dealkylation sites (tertiary alicyclic amines) is 1. The van der Waals surface area contributed by atoms with Crippen molar-refractivity contribution in [3.63, 3.8) is 0 Å². The molecule has 1 saturated heterocycles. The fourth-order valence-corrected chi connectivity index (χ4v) is 2.25. The van der Waals surface area contributed by atoms with Gasteiger partial charge in [0.05, 0.1) is 6.10 Å². The minimum atomic E-state index is 0.481. The van der Waals surface area contributed by atoms with Crippen LogP contribution in [0, 0.1) is 0 Å². The van der Waals surface area contributed by atoms with E-state index < -0.39 is 0 Å². The van der Waals surface area contributed by atoms with Crippen molar-refractivity contribution >= 4 is 0 Å². The van der Waals surface area contributed by atoms with Crippen LogP contribution in [0.25, 0.3) is 0 Å². The quantitative estimate of drug-likeness (QED) is 0.642. The van der Waals surface area contributed by atoms with E-state index in [4.69, 9.17) is 4.74 Å². The second-order valence-electron chi connectivity index (χ2n) is 4.62. The summed E-state index contributed by atoms with van der Waals surface area (Å²) in [5.41, 5.74) is 0. The first-order valence-electron chi connectivity index (χ1n) is 6.91. The highest BCUT2D eigenvalue weighted by atomic mass is 16.5. The van der Waals surface area contributed by atoms with Crippen molar-refractivity contribution in [1.82, 2.24) is 10.2 Å². The van der Waals surface area contributed by atoms with Gasteiger partial charge in [0.2, 0.25) is 0 Å². The molecule has 1 N–H and O–H groups in total. The van der Waals surface area contributed by atoms with E-state index in [0.29, 0.717) is 6.10 Å². The van der Waals surface area contributed by atoms with E-state index in [0.717, 1.165) is 19.7 Å². The van der Waals surface area contributed by atoms with Crippen LogP contribution < -0.4 is 5.32 Å². The van der Waals surface area contributed by atoms with Gasteiger partial charge in [-0.3, -0.25) is 4.90 Å². The smallest absolute Gasteiger partial charge is 0.0702 e. The summed E-state index contributed by atoms with van der Waals surface area (Å²) in [5.74, 6) is 0. The maximum absolute atomic E-state index is 5.70. The highest BCUT2D eigenvalue weighted by Crippen LogP contribution is 2.12. The molecule has 0 aliphatic carbocycles. The molecule has 0 aromatic heterocycles. The molecule has 1 aliphatic rings. The van der Waals surface area contributed by atoms with Crippen molar-refractivity contribution in [3.05, 3.63) is 0 Å². The summed E-state index contributed by atoms with van der Waals surface area (Å²) in [6.07, 6.45) is 5.59. The molecular weight excluding hydrogens is 200 g/mol. The fourth-order valence-electron chi connectivity index (χ4n) is 2.25. The monoisotopic (exact) mass is 228 g/mol. The molecule has 1 atom stereocenters. The lowest BCUT2D eigenvalue weighted by molar-refractivity contribution is 0.00638. The van der Waals surface area contributed by atoms with Gasteiger partial charge in [0.15, 0.2) is 0 Å². The molecule has 0 bridgehead atoms. The summed E-state index contributed by atoms with van der Waals surface area (Å²) in [6, 6.07) is 0. The maximum atomic E-state index is 5.70. The van der Waals surface area contributed by atoms with Gasteiger partial charge in [0.1, 0.15) is 0 Å². The van der Waals surface area contributed by atoms with E-state index in [1.807, 2.05) is 0 Å². The Balaban J connectivity index is 2.02. The van der Waals surface area contributed by atoms with Gasteiger partial charge in [-0.25, -0.2) is 0 Å². The topological polar surface area (TPSA) is 24.5 Å². The number of rotatable bonds is 8. The van der Waals surface area contributed by atoms with Crippen LogP contribution in [0.2, 0.25) is 0 Å². The molecule has 0 spiro atoms. The van der Waals surface area contributed by atoms with Crippen LogP contribution >= 0.6 is 0 Å². The Morgan fingerprint density at radius 2 is 2.19 bits per heavy atom. The molecule has 1 fully saturated rings. The van der Waals surface area contributed by atoms with Crippen LogP contribution in [0.5, 0.6) is 0 Å². The maximum Gasteiger partial charge on any atom is 0.0702 e. The average molecular weight is 228 g/mol. The summed E-state index contributed by atoms with van der Waals surface area (Å²) < 4.78 is 5.70. The van der Waals surface area contributed by atoms with Gasteiger partial charge in [0.25, 0.3) is 0 Å². The molecule has 0 saturated carbocycles. The normalized spacial score (nSPS) is 22.5. The Labute approximate surface area is 101 Å². The molecule has 1 unspecified atom stereocenters. The third-order valence-corrected chi connectivity index (χ3v) is 3.18. The Bertz CT molecular complexity index is 162. The zero-order valence-corrected chi connectivity index (χ0v) is 11.0. The lowest BCUT2D eigenvalue weighted by Crippen LogP contribution is -2.42. The standard InChI is InChI=1S/C13H28N2O/c1-3-5-8-14-9-11-15-10-6-7-13(12-15)16-4-2/h13-14H,3-12H2,1-2H3. The van der Waals surface area contributed by atoms with Crippen molar-refractivity contribution in [1.29, 1.82) is 0 Å². The second-order valence-corrected chi connectivity index (χ2v) is 4.62. The van der Waals surface area contributed by atoms with Gasteiger partial charge in [-0.2, -0.15) is 0 Å². The molecule has 3 nitrogen and oxygen atoms in total. The van der Waals surface area contributed by atoms with Crippen LogP contribution in [-0.2, 0) is 4.74 Å². The molecule has 96 valence electrons. The largest absolute Gasteiger partial charge is 0.377 e. The van der Waals surface area contributed by atoms with Gasteiger partial charge < -0.3 is 10.1 Å². The zero-order valence-electron chi connectivity index (χ0n) is 11.0. The van der Waals surface area contributed by atoms with E-state index in [1.54, 1.807) is 0 Å². The van der Waals surface area contributed by atoms with Gasteiger partial charge in [-0.15, -0.1) is 0 Å². The molecular formula is C13H28N2O. The third-order valence-electron chi connectivity index (χ3n) is 3.18. The fraction of sp³-hybridized carbons (Fsp3) is 1.00. The molecule has 1 aliphatic heterocycles. The van der Waals surface area contributed by atoms with E-state index in [9.17, 15) is 0 Å². The minimum Gasteiger partial charge on any atom is -0.377 e.